The molecule has 0 spiro atoms. The monoisotopic (exact) mass is 219 g/mol. The Morgan fingerprint density at radius 2 is 2.12 bits per heavy atom. The second kappa shape index (κ2) is 3.65. The maximum Gasteiger partial charge on any atom is 0.161 e. The molecule has 3 heteroatoms. The zero-order valence-electron chi connectivity index (χ0n) is 9.99. The van der Waals surface area contributed by atoms with Gasteiger partial charge in [-0.05, 0) is 44.3 Å². The van der Waals surface area contributed by atoms with Gasteiger partial charge in [-0.1, -0.05) is 6.92 Å². The largest absolute Gasteiger partial charge is 0.297 e. The van der Waals surface area contributed by atoms with E-state index in [2.05, 4.69) is 11.9 Å². The number of allylic oxidation sites excluding steroid dienone is 1. The summed E-state index contributed by atoms with van der Waals surface area (Å²) in [5.74, 6) is 0.616. The summed E-state index contributed by atoms with van der Waals surface area (Å²) < 4.78 is 0. The Bertz CT molecular complexity index is 408. The van der Waals surface area contributed by atoms with Gasteiger partial charge in [0.15, 0.2) is 11.6 Å². The first-order valence-electron chi connectivity index (χ1n) is 5.76. The van der Waals surface area contributed by atoms with Crippen molar-refractivity contribution in [2.24, 2.45) is 16.8 Å². The van der Waals surface area contributed by atoms with Gasteiger partial charge < -0.3 is 0 Å². The lowest BCUT2D eigenvalue weighted by Gasteiger charge is -2.36. The number of aliphatic imine (C=N–C) groups is 1. The maximum atomic E-state index is 11.8. The summed E-state index contributed by atoms with van der Waals surface area (Å²) in [5.41, 5.74) is 0.0403. The van der Waals surface area contributed by atoms with Gasteiger partial charge in [-0.25, -0.2) is 0 Å². The van der Waals surface area contributed by atoms with E-state index in [1.807, 2.05) is 12.3 Å². The predicted molar refractivity (Wildman–Crippen MR) is 62.6 cm³/mol. The molecule has 1 heterocycles. The number of hydrogen-bond donors (Lipinski definition) is 0. The standard InChI is InChI=1S/C13H17NO2/c1-8-6-11-4-5-14-13(11,10(3)16)7-12(8)9(2)15/h5,7-8,11H,4,6H2,1-3H3/t8-,11-,13-/m1/s1. The van der Waals surface area contributed by atoms with Gasteiger partial charge in [-0.15, -0.1) is 0 Å². The summed E-state index contributed by atoms with van der Waals surface area (Å²) in [6.45, 7) is 5.19. The normalized spacial score (nSPS) is 36.8. The second-order valence-corrected chi connectivity index (χ2v) is 4.92. The first-order chi connectivity index (χ1) is 7.47. The van der Waals surface area contributed by atoms with Crippen LogP contribution in [-0.2, 0) is 9.59 Å². The molecule has 2 rings (SSSR count). The van der Waals surface area contributed by atoms with E-state index in [4.69, 9.17) is 0 Å². The Morgan fingerprint density at radius 3 is 2.69 bits per heavy atom. The molecule has 0 saturated carbocycles. The van der Waals surface area contributed by atoms with Crippen LogP contribution in [-0.4, -0.2) is 23.3 Å². The number of ketones is 2. The molecule has 1 aliphatic heterocycles. The minimum atomic E-state index is -0.729. The number of Topliss-reactive ketones (excluding diaryl/α,β-unsaturated/α-hetero) is 2. The highest BCUT2D eigenvalue weighted by molar-refractivity contribution is 5.99. The summed E-state index contributed by atoms with van der Waals surface area (Å²) >= 11 is 0. The van der Waals surface area contributed by atoms with Crippen molar-refractivity contribution in [3.05, 3.63) is 11.6 Å². The van der Waals surface area contributed by atoms with E-state index < -0.39 is 5.54 Å². The van der Waals surface area contributed by atoms with E-state index in [0.29, 0.717) is 0 Å². The highest BCUT2D eigenvalue weighted by Gasteiger charge is 2.47. The third-order valence-corrected chi connectivity index (χ3v) is 3.83. The fourth-order valence-corrected chi connectivity index (χ4v) is 2.91. The van der Waals surface area contributed by atoms with Crippen molar-refractivity contribution in [1.82, 2.24) is 0 Å². The van der Waals surface area contributed by atoms with Crippen molar-refractivity contribution in [2.45, 2.75) is 39.2 Å². The Kier molecular flexibility index (Phi) is 2.56. The average molecular weight is 219 g/mol. The van der Waals surface area contributed by atoms with Crippen molar-refractivity contribution >= 4 is 17.8 Å². The molecule has 1 aliphatic carbocycles. The number of carbonyl (C=O) groups excluding carboxylic acids is 2. The van der Waals surface area contributed by atoms with Gasteiger partial charge in [-0.2, -0.15) is 0 Å². The maximum absolute atomic E-state index is 11.8. The molecule has 86 valence electrons. The average Bonchev–Trinajstić information content (AvgIpc) is 2.59. The number of fused-ring (bicyclic) bond motifs is 1. The summed E-state index contributed by atoms with van der Waals surface area (Å²) in [6.07, 6.45) is 5.38. The molecule has 0 N–H and O–H groups in total. The Hall–Kier alpha value is -1.25. The van der Waals surface area contributed by atoms with Crippen LogP contribution in [0.5, 0.6) is 0 Å². The van der Waals surface area contributed by atoms with Crippen LogP contribution >= 0.6 is 0 Å². The van der Waals surface area contributed by atoms with Crippen molar-refractivity contribution < 1.29 is 9.59 Å². The van der Waals surface area contributed by atoms with E-state index >= 15 is 0 Å². The van der Waals surface area contributed by atoms with Crippen molar-refractivity contribution in [3.8, 4) is 0 Å². The van der Waals surface area contributed by atoms with Gasteiger partial charge >= 0.3 is 0 Å². The van der Waals surface area contributed by atoms with Crippen LogP contribution in [0.2, 0.25) is 0 Å². The smallest absolute Gasteiger partial charge is 0.161 e. The molecular formula is C13H17NO2. The van der Waals surface area contributed by atoms with Gasteiger partial charge in [0.1, 0.15) is 5.54 Å². The Labute approximate surface area is 95.6 Å². The number of carbonyl (C=O) groups is 2. The fourth-order valence-electron chi connectivity index (χ4n) is 2.91. The molecule has 16 heavy (non-hydrogen) atoms. The molecule has 0 saturated heterocycles. The van der Waals surface area contributed by atoms with Gasteiger partial charge in [-0.3, -0.25) is 14.6 Å². The molecule has 0 bridgehead atoms. The second-order valence-electron chi connectivity index (χ2n) is 4.92. The Morgan fingerprint density at radius 1 is 1.44 bits per heavy atom. The number of hydrogen-bond acceptors (Lipinski definition) is 3. The topological polar surface area (TPSA) is 46.5 Å². The molecule has 3 atom stereocenters. The van der Waals surface area contributed by atoms with Crippen LogP contribution in [0.25, 0.3) is 0 Å². The van der Waals surface area contributed by atoms with Crippen LogP contribution < -0.4 is 0 Å². The van der Waals surface area contributed by atoms with Crippen molar-refractivity contribution in [1.29, 1.82) is 0 Å². The quantitative estimate of drug-likeness (QED) is 0.712. The zero-order chi connectivity index (χ0) is 11.9. The fraction of sp³-hybridized carbons (Fsp3) is 0.615. The minimum absolute atomic E-state index is 0.0527. The predicted octanol–water partition coefficient (Wildman–Crippen LogP) is 1.96. The number of nitrogens with zero attached hydrogens (tertiary/aromatic N) is 1. The lowest BCUT2D eigenvalue weighted by molar-refractivity contribution is -0.122. The van der Waals surface area contributed by atoms with E-state index in [-0.39, 0.29) is 23.4 Å². The van der Waals surface area contributed by atoms with Crippen LogP contribution in [0.15, 0.2) is 16.6 Å². The van der Waals surface area contributed by atoms with Crippen LogP contribution in [0, 0.1) is 11.8 Å². The molecular weight excluding hydrogens is 202 g/mol. The molecule has 0 aromatic rings. The third kappa shape index (κ3) is 1.46. The van der Waals surface area contributed by atoms with E-state index in [0.717, 1.165) is 18.4 Å². The molecule has 0 aromatic heterocycles. The van der Waals surface area contributed by atoms with Crippen LogP contribution in [0.1, 0.15) is 33.6 Å². The van der Waals surface area contributed by atoms with Crippen LogP contribution in [0.4, 0.5) is 0 Å². The van der Waals surface area contributed by atoms with Gasteiger partial charge in [0.2, 0.25) is 0 Å². The van der Waals surface area contributed by atoms with Crippen LogP contribution in [0.3, 0.4) is 0 Å². The first kappa shape index (κ1) is 11.2. The summed E-state index contributed by atoms with van der Waals surface area (Å²) in [4.78, 5) is 27.7. The SMILES string of the molecule is CC(=O)C1=C[C@]2(C(C)=O)N=CC[C@@H]2C[C@H]1C. The van der Waals surface area contributed by atoms with Gasteiger partial charge in [0.05, 0.1) is 0 Å². The molecule has 0 fully saturated rings. The van der Waals surface area contributed by atoms with E-state index in [1.54, 1.807) is 13.8 Å². The van der Waals surface area contributed by atoms with E-state index in [1.165, 1.54) is 0 Å². The summed E-state index contributed by atoms with van der Waals surface area (Å²) in [7, 11) is 0. The minimum Gasteiger partial charge on any atom is -0.297 e. The summed E-state index contributed by atoms with van der Waals surface area (Å²) in [6, 6.07) is 0. The third-order valence-electron chi connectivity index (χ3n) is 3.83. The summed E-state index contributed by atoms with van der Waals surface area (Å²) in [5, 5.41) is 0. The van der Waals surface area contributed by atoms with Gasteiger partial charge in [0.25, 0.3) is 0 Å². The number of rotatable bonds is 2. The Balaban J connectivity index is 2.50. The lowest BCUT2D eigenvalue weighted by atomic mass is 9.69. The highest BCUT2D eigenvalue weighted by Crippen LogP contribution is 2.43. The molecule has 0 radical (unpaired) electrons. The van der Waals surface area contributed by atoms with Gasteiger partial charge in [0, 0.05) is 12.1 Å². The highest BCUT2D eigenvalue weighted by atomic mass is 16.1. The van der Waals surface area contributed by atoms with Crippen molar-refractivity contribution in [3.63, 3.8) is 0 Å². The molecule has 0 amide bonds. The molecule has 3 nitrogen and oxygen atoms in total. The molecule has 2 aliphatic rings. The van der Waals surface area contributed by atoms with Crippen molar-refractivity contribution in [2.75, 3.05) is 0 Å². The zero-order valence-corrected chi connectivity index (χ0v) is 9.99. The lowest BCUT2D eigenvalue weighted by Crippen LogP contribution is -2.43. The first-order valence-corrected chi connectivity index (χ1v) is 5.76. The van der Waals surface area contributed by atoms with E-state index in [9.17, 15) is 9.59 Å². The molecule has 0 aromatic carbocycles. The molecule has 0 unspecified atom stereocenters.